The predicted molar refractivity (Wildman–Crippen MR) is 77.1 cm³/mol. The van der Waals surface area contributed by atoms with E-state index in [2.05, 4.69) is 31.2 Å². The predicted octanol–water partition coefficient (Wildman–Crippen LogP) is 4.60. The Bertz CT molecular complexity index is 544. The molecule has 2 aromatic carbocycles. The molecule has 0 atom stereocenters. The van der Waals surface area contributed by atoms with Gasteiger partial charge in [-0.05, 0) is 41.7 Å². The van der Waals surface area contributed by atoms with Crippen LogP contribution in [0.25, 0.3) is 11.1 Å². The van der Waals surface area contributed by atoms with Crippen molar-refractivity contribution in [3.63, 3.8) is 0 Å². The van der Waals surface area contributed by atoms with Gasteiger partial charge in [0.2, 0.25) is 0 Å². The average Bonchev–Trinajstić information content (AvgIpc) is 2.46. The van der Waals surface area contributed by atoms with Crippen molar-refractivity contribution in [1.29, 1.82) is 0 Å². The van der Waals surface area contributed by atoms with Gasteiger partial charge in [-0.3, -0.25) is 10.1 Å². The first-order valence-corrected chi connectivity index (χ1v) is 6.54. The van der Waals surface area contributed by atoms with Crippen molar-refractivity contribution in [3.8, 4) is 11.1 Å². The standard InChI is InChI=1S/C16H17NO2/c1-2-3-4-13-5-7-14(8-6-13)15-9-11-16(12-10-15)17(18)19/h5-12H,2-4H2,1H3. The van der Waals surface area contributed by atoms with Crippen LogP contribution in [0.5, 0.6) is 0 Å². The van der Waals surface area contributed by atoms with Crippen molar-refractivity contribution in [2.45, 2.75) is 26.2 Å². The molecule has 0 spiro atoms. The first-order valence-electron chi connectivity index (χ1n) is 6.54. The van der Waals surface area contributed by atoms with Crippen molar-refractivity contribution in [2.24, 2.45) is 0 Å². The summed E-state index contributed by atoms with van der Waals surface area (Å²) in [6, 6.07) is 15.1. The van der Waals surface area contributed by atoms with Gasteiger partial charge in [0.15, 0.2) is 0 Å². The summed E-state index contributed by atoms with van der Waals surface area (Å²) < 4.78 is 0. The molecule has 98 valence electrons. The summed E-state index contributed by atoms with van der Waals surface area (Å²) in [5.41, 5.74) is 3.57. The lowest BCUT2D eigenvalue weighted by Crippen LogP contribution is -1.88. The van der Waals surface area contributed by atoms with Crippen LogP contribution in [-0.2, 0) is 6.42 Å². The fraction of sp³-hybridized carbons (Fsp3) is 0.250. The summed E-state index contributed by atoms with van der Waals surface area (Å²) in [5.74, 6) is 0. The summed E-state index contributed by atoms with van der Waals surface area (Å²) >= 11 is 0. The average molecular weight is 255 g/mol. The molecular formula is C16H17NO2. The first-order chi connectivity index (χ1) is 9.20. The normalized spacial score (nSPS) is 10.4. The van der Waals surface area contributed by atoms with E-state index < -0.39 is 0 Å². The molecule has 0 bridgehead atoms. The van der Waals surface area contributed by atoms with E-state index in [1.165, 1.54) is 18.4 Å². The second-order valence-corrected chi connectivity index (χ2v) is 4.60. The third-order valence-electron chi connectivity index (χ3n) is 3.18. The molecule has 19 heavy (non-hydrogen) atoms. The number of nitro groups is 1. The van der Waals surface area contributed by atoms with E-state index in [0.717, 1.165) is 17.5 Å². The quantitative estimate of drug-likeness (QED) is 0.578. The number of hydrogen-bond acceptors (Lipinski definition) is 2. The molecule has 3 nitrogen and oxygen atoms in total. The van der Waals surface area contributed by atoms with Crippen molar-refractivity contribution in [2.75, 3.05) is 0 Å². The Labute approximate surface area is 113 Å². The van der Waals surface area contributed by atoms with Crippen LogP contribution < -0.4 is 0 Å². The van der Waals surface area contributed by atoms with Gasteiger partial charge in [-0.25, -0.2) is 0 Å². The van der Waals surface area contributed by atoms with Crippen LogP contribution in [-0.4, -0.2) is 4.92 Å². The molecule has 2 rings (SSSR count). The van der Waals surface area contributed by atoms with E-state index in [4.69, 9.17) is 0 Å². The Morgan fingerprint density at radius 3 is 1.95 bits per heavy atom. The number of unbranched alkanes of at least 4 members (excludes halogenated alkanes) is 1. The van der Waals surface area contributed by atoms with Gasteiger partial charge in [0.05, 0.1) is 4.92 Å². The molecule has 0 aliphatic heterocycles. The van der Waals surface area contributed by atoms with Crippen molar-refractivity contribution in [1.82, 2.24) is 0 Å². The van der Waals surface area contributed by atoms with Gasteiger partial charge in [-0.15, -0.1) is 0 Å². The molecule has 0 unspecified atom stereocenters. The molecule has 0 fully saturated rings. The monoisotopic (exact) mass is 255 g/mol. The summed E-state index contributed by atoms with van der Waals surface area (Å²) in [4.78, 5) is 10.2. The molecule has 3 heteroatoms. The van der Waals surface area contributed by atoms with Gasteiger partial charge in [0, 0.05) is 12.1 Å². The topological polar surface area (TPSA) is 43.1 Å². The minimum Gasteiger partial charge on any atom is -0.258 e. The molecule has 0 saturated carbocycles. The second kappa shape index (κ2) is 6.14. The number of nitrogens with zero attached hydrogens (tertiary/aromatic N) is 1. The zero-order valence-electron chi connectivity index (χ0n) is 11.0. The number of rotatable bonds is 5. The van der Waals surface area contributed by atoms with Crippen LogP contribution in [0.15, 0.2) is 48.5 Å². The molecule has 0 heterocycles. The lowest BCUT2D eigenvalue weighted by Gasteiger charge is -2.04. The fourth-order valence-electron chi connectivity index (χ4n) is 2.02. The highest BCUT2D eigenvalue weighted by atomic mass is 16.6. The van der Waals surface area contributed by atoms with Gasteiger partial charge in [0.1, 0.15) is 0 Å². The minimum absolute atomic E-state index is 0.128. The molecule has 0 N–H and O–H groups in total. The highest BCUT2D eigenvalue weighted by Gasteiger charge is 2.05. The van der Waals surface area contributed by atoms with E-state index in [1.807, 2.05) is 0 Å². The Kier molecular flexibility index (Phi) is 4.29. The van der Waals surface area contributed by atoms with Crippen LogP contribution in [0.1, 0.15) is 25.3 Å². The van der Waals surface area contributed by atoms with E-state index in [9.17, 15) is 10.1 Å². The van der Waals surface area contributed by atoms with E-state index >= 15 is 0 Å². The lowest BCUT2D eigenvalue weighted by atomic mass is 10.0. The van der Waals surface area contributed by atoms with Crippen LogP contribution in [0.4, 0.5) is 5.69 Å². The molecule has 0 saturated heterocycles. The van der Waals surface area contributed by atoms with Crippen LogP contribution in [0.2, 0.25) is 0 Å². The van der Waals surface area contributed by atoms with Gasteiger partial charge in [-0.1, -0.05) is 37.6 Å². The molecule has 0 aliphatic carbocycles. The summed E-state index contributed by atoms with van der Waals surface area (Å²) in [6.07, 6.45) is 3.51. The van der Waals surface area contributed by atoms with Gasteiger partial charge in [-0.2, -0.15) is 0 Å². The van der Waals surface area contributed by atoms with Crippen molar-refractivity contribution >= 4 is 5.69 Å². The van der Waals surface area contributed by atoms with Crippen molar-refractivity contribution in [3.05, 3.63) is 64.2 Å². The minimum atomic E-state index is -0.377. The number of nitro benzene ring substituents is 1. The number of non-ortho nitro benzene ring substituents is 1. The van der Waals surface area contributed by atoms with Gasteiger partial charge in [0.25, 0.3) is 5.69 Å². The highest BCUT2D eigenvalue weighted by molar-refractivity contribution is 5.65. The second-order valence-electron chi connectivity index (χ2n) is 4.60. The third-order valence-corrected chi connectivity index (χ3v) is 3.18. The molecule has 0 aliphatic rings. The first kappa shape index (κ1) is 13.3. The van der Waals surface area contributed by atoms with Crippen LogP contribution >= 0.6 is 0 Å². The largest absolute Gasteiger partial charge is 0.269 e. The number of hydrogen-bond donors (Lipinski definition) is 0. The van der Waals surface area contributed by atoms with Crippen molar-refractivity contribution < 1.29 is 4.92 Å². The van der Waals surface area contributed by atoms with Crippen LogP contribution in [0.3, 0.4) is 0 Å². The summed E-state index contributed by atoms with van der Waals surface area (Å²) in [7, 11) is 0. The Morgan fingerprint density at radius 2 is 1.47 bits per heavy atom. The van der Waals surface area contributed by atoms with Gasteiger partial charge >= 0.3 is 0 Å². The SMILES string of the molecule is CCCCc1ccc(-c2ccc([N+](=O)[O-])cc2)cc1. The summed E-state index contributed by atoms with van der Waals surface area (Å²) in [5, 5.41) is 10.6. The van der Waals surface area contributed by atoms with Crippen LogP contribution in [0, 0.1) is 10.1 Å². The number of benzene rings is 2. The zero-order valence-corrected chi connectivity index (χ0v) is 11.0. The Morgan fingerprint density at radius 1 is 0.947 bits per heavy atom. The smallest absolute Gasteiger partial charge is 0.258 e. The Hall–Kier alpha value is -2.16. The maximum Gasteiger partial charge on any atom is 0.269 e. The molecular weight excluding hydrogens is 238 g/mol. The maximum absolute atomic E-state index is 10.6. The van der Waals surface area contributed by atoms with Gasteiger partial charge < -0.3 is 0 Å². The molecule has 0 radical (unpaired) electrons. The van der Waals surface area contributed by atoms with E-state index in [1.54, 1.807) is 24.3 Å². The van der Waals surface area contributed by atoms with E-state index in [0.29, 0.717) is 0 Å². The molecule has 2 aromatic rings. The maximum atomic E-state index is 10.6. The fourth-order valence-corrected chi connectivity index (χ4v) is 2.02. The Balaban J connectivity index is 2.15. The molecule has 0 aromatic heterocycles. The molecule has 0 amide bonds. The lowest BCUT2D eigenvalue weighted by molar-refractivity contribution is -0.384. The summed E-state index contributed by atoms with van der Waals surface area (Å²) in [6.45, 7) is 2.19. The van der Waals surface area contributed by atoms with E-state index in [-0.39, 0.29) is 10.6 Å². The number of aryl methyl sites for hydroxylation is 1. The third kappa shape index (κ3) is 3.41. The highest BCUT2D eigenvalue weighted by Crippen LogP contribution is 2.23. The zero-order chi connectivity index (χ0) is 13.7.